The Morgan fingerprint density at radius 2 is 2.22 bits per heavy atom. The van der Waals surface area contributed by atoms with E-state index in [-0.39, 0.29) is 11.7 Å². The van der Waals surface area contributed by atoms with Crippen molar-refractivity contribution in [1.82, 2.24) is 0 Å². The highest BCUT2D eigenvalue weighted by molar-refractivity contribution is 8.00. The van der Waals surface area contributed by atoms with Crippen LogP contribution in [-0.4, -0.2) is 28.5 Å². The van der Waals surface area contributed by atoms with E-state index >= 15 is 0 Å². The van der Waals surface area contributed by atoms with Gasteiger partial charge >= 0.3 is 0 Å². The van der Waals surface area contributed by atoms with Crippen molar-refractivity contribution in [3.63, 3.8) is 0 Å². The van der Waals surface area contributed by atoms with Gasteiger partial charge in [0.25, 0.3) is 5.69 Å². The molecule has 98 valence electrons. The number of hydrogen-bond acceptors (Lipinski definition) is 4. The van der Waals surface area contributed by atoms with Crippen LogP contribution >= 0.6 is 11.8 Å². The van der Waals surface area contributed by atoms with E-state index in [0.717, 1.165) is 18.4 Å². The molecule has 1 aromatic rings. The molecule has 1 heterocycles. The van der Waals surface area contributed by atoms with Crippen LogP contribution in [-0.2, 0) is 0 Å². The van der Waals surface area contributed by atoms with E-state index in [2.05, 4.69) is 13.8 Å². The maximum atomic E-state index is 13.9. The Hall–Kier alpha value is -1.30. The zero-order valence-corrected chi connectivity index (χ0v) is 11.1. The van der Waals surface area contributed by atoms with E-state index in [9.17, 15) is 14.5 Å². The van der Waals surface area contributed by atoms with Gasteiger partial charge in [0.1, 0.15) is 0 Å². The van der Waals surface area contributed by atoms with Crippen LogP contribution in [0.25, 0.3) is 0 Å². The van der Waals surface area contributed by atoms with Crippen LogP contribution in [0.4, 0.5) is 15.8 Å². The normalized spacial score (nSPS) is 24.1. The van der Waals surface area contributed by atoms with Gasteiger partial charge in [0, 0.05) is 29.7 Å². The molecule has 2 atom stereocenters. The summed E-state index contributed by atoms with van der Waals surface area (Å²) in [6.45, 7) is 4.94. The first-order valence-electron chi connectivity index (χ1n) is 5.83. The van der Waals surface area contributed by atoms with Crippen LogP contribution in [0.15, 0.2) is 18.2 Å². The molecule has 18 heavy (non-hydrogen) atoms. The third-order valence-corrected chi connectivity index (χ3v) is 4.67. The van der Waals surface area contributed by atoms with Gasteiger partial charge in [0.2, 0.25) is 0 Å². The fourth-order valence-electron chi connectivity index (χ4n) is 2.12. The van der Waals surface area contributed by atoms with Crippen molar-refractivity contribution in [3.05, 3.63) is 34.1 Å². The van der Waals surface area contributed by atoms with Gasteiger partial charge in [-0.15, -0.1) is 0 Å². The maximum Gasteiger partial charge on any atom is 0.272 e. The highest BCUT2D eigenvalue weighted by Gasteiger charge is 2.27. The predicted molar refractivity (Wildman–Crippen MR) is 71.8 cm³/mol. The Labute approximate surface area is 109 Å². The number of halogens is 1. The number of nitro groups is 1. The van der Waals surface area contributed by atoms with E-state index in [4.69, 9.17) is 0 Å². The van der Waals surface area contributed by atoms with Gasteiger partial charge in [-0.05, 0) is 13.0 Å². The zero-order valence-electron chi connectivity index (χ0n) is 10.3. The summed E-state index contributed by atoms with van der Waals surface area (Å²) in [5.41, 5.74) is 0.253. The quantitative estimate of drug-likeness (QED) is 0.612. The number of thioether (sulfide) groups is 1. The van der Waals surface area contributed by atoms with Crippen molar-refractivity contribution in [3.8, 4) is 0 Å². The topological polar surface area (TPSA) is 46.4 Å². The lowest BCUT2D eigenvalue weighted by Crippen LogP contribution is -2.45. The molecule has 0 spiro atoms. The molecule has 0 saturated carbocycles. The van der Waals surface area contributed by atoms with Gasteiger partial charge in [0.05, 0.1) is 16.7 Å². The van der Waals surface area contributed by atoms with E-state index in [1.807, 2.05) is 16.7 Å². The van der Waals surface area contributed by atoms with Crippen molar-refractivity contribution in [2.75, 3.05) is 17.2 Å². The Morgan fingerprint density at radius 1 is 1.50 bits per heavy atom. The first kappa shape index (κ1) is 13.1. The van der Waals surface area contributed by atoms with Crippen LogP contribution < -0.4 is 4.90 Å². The summed E-state index contributed by atoms with van der Waals surface area (Å²) in [6.07, 6.45) is 0. The second kappa shape index (κ2) is 5.14. The summed E-state index contributed by atoms with van der Waals surface area (Å²) in [6, 6.07) is 4.08. The van der Waals surface area contributed by atoms with Crippen molar-refractivity contribution in [2.45, 2.75) is 25.1 Å². The molecule has 0 aromatic heterocycles. The summed E-state index contributed by atoms with van der Waals surface area (Å²) in [4.78, 5) is 12.0. The van der Waals surface area contributed by atoms with Gasteiger partial charge in [-0.25, -0.2) is 4.39 Å². The highest BCUT2D eigenvalue weighted by atomic mass is 32.2. The summed E-state index contributed by atoms with van der Waals surface area (Å²) < 4.78 is 13.9. The fraction of sp³-hybridized carbons (Fsp3) is 0.500. The lowest BCUT2D eigenvalue weighted by molar-refractivity contribution is -0.385. The predicted octanol–water partition coefficient (Wildman–Crippen LogP) is 3.06. The largest absolute Gasteiger partial charge is 0.365 e. The van der Waals surface area contributed by atoms with Crippen LogP contribution in [0, 0.1) is 15.9 Å². The third kappa shape index (κ3) is 2.43. The molecule has 0 N–H and O–H groups in total. The highest BCUT2D eigenvalue weighted by Crippen LogP contribution is 2.32. The average Bonchev–Trinajstić information content (AvgIpc) is 2.33. The molecule has 6 heteroatoms. The van der Waals surface area contributed by atoms with Crippen molar-refractivity contribution in [1.29, 1.82) is 0 Å². The molecule has 2 rings (SSSR count). The molecule has 0 aliphatic carbocycles. The molecule has 1 fully saturated rings. The summed E-state index contributed by atoms with van der Waals surface area (Å²) >= 11 is 1.87. The number of anilines is 1. The van der Waals surface area contributed by atoms with Gasteiger partial charge in [-0.3, -0.25) is 10.1 Å². The third-order valence-electron chi connectivity index (χ3n) is 3.34. The molecule has 1 aromatic carbocycles. The first-order valence-corrected chi connectivity index (χ1v) is 6.87. The van der Waals surface area contributed by atoms with E-state index in [1.165, 1.54) is 12.1 Å². The molecular weight excluding hydrogens is 255 g/mol. The Bertz CT molecular complexity index is 469. The number of rotatable bonds is 2. The van der Waals surface area contributed by atoms with Crippen molar-refractivity contribution >= 4 is 23.1 Å². The van der Waals surface area contributed by atoms with Gasteiger partial charge in [-0.1, -0.05) is 6.92 Å². The number of non-ortho nitro benzene ring substituents is 1. The molecule has 0 radical (unpaired) electrons. The van der Waals surface area contributed by atoms with Crippen LogP contribution in [0.5, 0.6) is 0 Å². The number of nitro benzene ring substituents is 1. The van der Waals surface area contributed by atoms with Crippen LogP contribution in [0.2, 0.25) is 0 Å². The van der Waals surface area contributed by atoms with Gasteiger partial charge < -0.3 is 4.90 Å². The lowest BCUT2D eigenvalue weighted by Gasteiger charge is -2.39. The summed E-state index contributed by atoms with van der Waals surface area (Å²) in [7, 11) is 0. The standard InChI is InChI=1S/C12H15FN2O2S/c1-8-9(2)18-6-5-14(8)12-4-3-10(15(16)17)7-11(12)13/h3-4,7-9H,5-6H2,1-2H3. The minimum absolute atomic E-state index is 0.205. The number of benzene rings is 1. The summed E-state index contributed by atoms with van der Waals surface area (Å²) in [5.74, 6) is 0.428. The second-order valence-electron chi connectivity index (χ2n) is 4.40. The van der Waals surface area contributed by atoms with Crippen molar-refractivity contribution < 1.29 is 9.31 Å². The lowest BCUT2D eigenvalue weighted by atomic mass is 10.1. The summed E-state index contributed by atoms with van der Waals surface area (Å²) in [5, 5.41) is 11.0. The molecule has 0 bridgehead atoms. The monoisotopic (exact) mass is 270 g/mol. The molecule has 0 amide bonds. The Balaban J connectivity index is 2.30. The minimum atomic E-state index is -0.578. The Kier molecular flexibility index (Phi) is 3.75. The molecule has 1 saturated heterocycles. The average molecular weight is 270 g/mol. The number of nitrogens with zero attached hydrogens (tertiary/aromatic N) is 2. The molecule has 4 nitrogen and oxygen atoms in total. The SMILES string of the molecule is CC1SCCN(c2ccc([N+](=O)[O-])cc2F)C1C. The van der Waals surface area contributed by atoms with Gasteiger partial charge in [-0.2, -0.15) is 11.8 Å². The van der Waals surface area contributed by atoms with Crippen LogP contribution in [0.3, 0.4) is 0 Å². The van der Waals surface area contributed by atoms with E-state index in [1.54, 1.807) is 0 Å². The molecule has 1 aliphatic heterocycles. The maximum absolute atomic E-state index is 13.9. The van der Waals surface area contributed by atoms with Crippen molar-refractivity contribution in [2.24, 2.45) is 0 Å². The van der Waals surface area contributed by atoms with Crippen LogP contribution in [0.1, 0.15) is 13.8 Å². The number of hydrogen-bond donors (Lipinski definition) is 0. The minimum Gasteiger partial charge on any atom is -0.365 e. The smallest absolute Gasteiger partial charge is 0.272 e. The molecule has 1 aliphatic rings. The molecular formula is C12H15FN2O2S. The first-order chi connectivity index (χ1) is 8.50. The van der Waals surface area contributed by atoms with Gasteiger partial charge in [0.15, 0.2) is 5.82 Å². The fourth-order valence-corrected chi connectivity index (χ4v) is 3.21. The Morgan fingerprint density at radius 3 is 2.83 bits per heavy atom. The molecule has 2 unspecified atom stereocenters. The second-order valence-corrected chi connectivity index (χ2v) is 5.89. The van der Waals surface area contributed by atoms with E-state index < -0.39 is 10.7 Å². The van der Waals surface area contributed by atoms with E-state index in [0.29, 0.717) is 10.9 Å². The zero-order chi connectivity index (χ0) is 13.3.